The van der Waals surface area contributed by atoms with Crippen molar-refractivity contribution in [3.8, 4) is 5.75 Å². The average Bonchev–Trinajstić information content (AvgIpc) is 3.52. The van der Waals surface area contributed by atoms with Crippen LogP contribution in [0.3, 0.4) is 0 Å². The first kappa shape index (κ1) is 21.9. The zero-order chi connectivity index (χ0) is 22.8. The molecule has 0 bridgehead atoms. The van der Waals surface area contributed by atoms with Crippen LogP contribution >= 0.6 is 0 Å². The molecule has 0 unspecified atom stereocenters. The second kappa shape index (κ2) is 9.51. The Morgan fingerprint density at radius 3 is 2.94 bits per heavy atom. The molecule has 33 heavy (non-hydrogen) atoms. The maximum absolute atomic E-state index is 13.0. The second-order valence-corrected chi connectivity index (χ2v) is 9.44. The Bertz CT molecular complexity index is 1110. The molecule has 0 saturated carbocycles. The van der Waals surface area contributed by atoms with Gasteiger partial charge >= 0.3 is 0 Å². The van der Waals surface area contributed by atoms with E-state index in [1.54, 1.807) is 7.11 Å². The Kier molecular flexibility index (Phi) is 6.31. The summed E-state index contributed by atoms with van der Waals surface area (Å²) in [6.07, 6.45) is 8.71. The normalized spacial score (nSPS) is 22.5. The van der Waals surface area contributed by atoms with Gasteiger partial charge < -0.3 is 14.6 Å². The molecule has 0 radical (unpaired) electrons. The number of nitrogens with zero attached hydrogens (tertiary/aromatic N) is 3. The number of fused-ring (bicyclic) bond motifs is 1. The molecule has 1 N–H and O–H groups in total. The summed E-state index contributed by atoms with van der Waals surface area (Å²) in [5, 5.41) is 0. The van der Waals surface area contributed by atoms with Gasteiger partial charge in [-0.2, -0.15) is 0 Å². The predicted octanol–water partition coefficient (Wildman–Crippen LogP) is 3.01. The molecule has 5 rings (SSSR count). The zero-order valence-electron chi connectivity index (χ0n) is 19.3. The van der Waals surface area contributed by atoms with Crippen molar-refractivity contribution in [1.29, 1.82) is 0 Å². The van der Waals surface area contributed by atoms with Crippen LogP contribution in [-0.2, 0) is 24.3 Å². The molecule has 2 aromatic rings. The summed E-state index contributed by atoms with van der Waals surface area (Å²) in [5.74, 6) is 2.33. The number of methoxy groups -OCH3 is 1. The molecule has 0 spiro atoms. The van der Waals surface area contributed by atoms with Crippen molar-refractivity contribution in [1.82, 2.24) is 19.8 Å². The first-order chi connectivity index (χ1) is 16.1. The van der Waals surface area contributed by atoms with Gasteiger partial charge in [-0.25, -0.2) is 4.98 Å². The SMILES string of the molecule is COc1ccccc1CN1CCc2nc([C@H]3CCN(C(=O)C[C@@H]4C=CCC4)C3)[nH]c(=O)c2C1. The lowest BCUT2D eigenvalue weighted by Gasteiger charge is -2.28. The average molecular weight is 449 g/mol. The van der Waals surface area contributed by atoms with E-state index in [4.69, 9.17) is 9.72 Å². The third kappa shape index (κ3) is 4.74. The van der Waals surface area contributed by atoms with Crippen LogP contribution in [0.15, 0.2) is 41.2 Å². The smallest absolute Gasteiger partial charge is 0.255 e. The standard InChI is InChI=1S/C26H32N4O3/c1-33-23-9-5-4-8-19(23)15-29-12-11-22-21(17-29)26(32)28-25(27-22)20-10-13-30(16-20)24(31)14-18-6-2-3-7-18/h2,4-6,8-9,18,20H,3,7,10-17H2,1H3,(H,27,28,32)/t18-,20+/m1/s1. The Hall–Kier alpha value is -2.93. The number of aromatic amines is 1. The number of benzene rings is 1. The molecule has 1 aromatic carbocycles. The zero-order valence-corrected chi connectivity index (χ0v) is 19.3. The number of hydrogen-bond donors (Lipinski definition) is 1. The number of nitrogens with one attached hydrogen (secondary N) is 1. The van der Waals surface area contributed by atoms with Crippen molar-refractivity contribution in [3.63, 3.8) is 0 Å². The number of carbonyl (C=O) groups is 1. The van der Waals surface area contributed by atoms with Crippen LogP contribution in [0.25, 0.3) is 0 Å². The minimum Gasteiger partial charge on any atom is -0.496 e. The summed E-state index contributed by atoms with van der Waals surface area (Å²) < 4.78 is 5.48. The van der Waals surface area contributed by atoms with E-state index in [1.165, 1.54) is 0 Å². The molecule has 1 fully saturated rings. The van der Waals surface area contributed by atoms with E-state index in [1.807, 2.05) is 23.1 Å². The van der Waals surface area contributed by atoms with Crippen LogP contribution in [0.2, 0.25) is 0 Å². The summed E-state index contributed by atoms with van der Waals surface area (Å²) in [6, 6.07) is 8.01. The Labute approximate surface area is 194 Å². The molecule has 3 aliphatic rings. The molecule has 7 heteroatoms. The minimum atomic E-state index is -0.0411. The topological polar surface area (TPSA) is 78.5 Å². The van der Waals surface area contributed by atoms with Gasteiger partial charge in [-0.15, -0.1) is 0 Å². The van der Waals surface area contributed by atoms with E-state index >= 15 is 0 Å². The van der Waals surface area contributed by atoms with Gasteiger partial charge in [0, 0.05) is 57.0 Å². The van der Waals surface area contributed by atoms with Gasteiger partial charge in [0.15, 0.2) is 0 Å². The van der Waals surface area contributed by atoms with E-state index in [0.717, 1.165) is 73.7 Å². The number of ether oxygens (including phenoxy) is 1. The van der Waals surface area contributed by atoms with Crippen molar-refractivity contribution >= 4 is 5.91 Å². The van der Waals surface area contributed by atoms with Gasteiger partial charge in [-0.1, -0.05) is 30.4 Å². The maximum atomic E-state index is 13.0. The van der Waals surface area contributed by atoms with E-state index < -0.39 is 0 Å². The number of allylic oxidation sites excluding steroid dienone is 2. The monoisotopic (exact) mass is 448 g/mol. The van der Waals surface area contributed by atoms with Crippen LogP contribution in [0, 0.1) is 5.92 Å². The van der Waals surface area contributed by atoms with Gasteiger partial charge in [0.25, 0.3) is 5.56 Å². The Morgan fingerprint density at radius 1 is 1.24 bits per heavy atom. The third-order valence-electron chi connectivity index (χ3n) is 7.23. The fourth-order valence-corrected chi connectivity index (χ4v) is 5.33. The number of likely N-dealkylation sites (tertiary alicyclic amines) is 1. The van der Waals surface area contributed by atoms with Crippen LogP contribution < -0.4 is 10.3 Å². The number of amides is 1. The summed E-state index contributed by atoms with van der Waals surface area (Å²) in [7, 11) is 1.68. The molecule has 1 amide bonds. The lowest BCUT2D eigenvalue weighted by molar-refractivity contribution is -0.130. The van der Waals surface area contributed by atoms with Gasteiger partial charge in [0.1, 0.15) is 11.6 Å². The molecule has 1 saturated heterocycles. The van der Waals surface area contributed by atoms with E-state index in [0.29, 0.717) is 25.4 Å². The van der Waals surface area contributed by atoms with E-state index in [9.17, 15) is 9.59 Å². The predicted molar refractivity (Wildman–Crippen MR) is 126 cm³/mol. The van der Waals surface area contributed by atoms with Gasteiger partial charge in [0.2, 0.25) is 5.91 Å². The highest BCUT2D eigenvalue weighted by Gasteiger charge is 2.31. The quantitative estimate of drug-likeness (QED) is 0.688. The van der Waals surface area contributed by atoms with Crippen LogP contribution in [0.4, 0.5) is 0 Å². The number of para-hydroxylation sites is 1. The largest absolute Gasteiger partial charge is 0.496 e. The highest BCUT2D eigenvalue weighted by molar-refractivity contribution is 5.77. The molecule has 174 valence electrons. The maximum Gasteiger partial charge on any atom is 0.255 e. The fraction of sp³-hybridized carbons (Fsp3) is 0.500. The van der Waals surface area contributed by atoms with Gasteiger partial charge in [-0.3, -0.25) is 14.5 Å². The molecule has 2 aliphatic heterocycles. The van der Waals surface area contributed by atoms with Crippen molar-refractivity contribution in [2.45, 2.75) is 51.1 Å². The summed E-state index contributed by atoms with van der Waals surface area (Å²) >= 11 is 0. The Balaban J connectivity index is 1.24. The molecular formula is C26H32N4O3. The van der Waals surface area contributed by atoms with Gasteiger partial charge in [-0.05, 0) is 31.2 Å². The van der Waals surface area contributed by atoms with Crippen molar-refractivity contribution in [2.24, 2.45) is 5.92 Å². The summed E-state index contributed by atoms with van der Waals surface area (Å²) in [6.45, 7) is 3.57. The van der Waals surface area contributed by atoms with E-state index in [-0.39, 0.29) is 17.4 Å². The Morgan fingerprint density at radius 2 is 2.12 bits per heavy atom. The lowest BCUT2D eigenvalue weighted by Crippen LogP contribution is -2.36. The second-order valence-electron chi connectivity index (χ2n) is 9.44. The summed E-state index contributed by atoms with van der Waals surface area (Å²) in [4.78, 5) is 37.8. The molecule has 1 aromatic heterocycles. The number of H-pyrrole nitrogens is 1. The highest BCUT2D eigenvalue weighted by Crippen LogP contribution is 2.29. The number of aromatic nitrogens is 2. The first-order valence-electron chi connectivity index (χ1n) is 12.0. The molecular weight excluding hydrogens is 416 g/mol. The number of hydrogen-bond acceptors (Lipinski definition) is 5. The molecule has 2 atom stereocenters. The van der Waals surface area contributed by atoms with Crippen molar-refractivity contribution < 1.29 is 9.53 Å². The molecule has 3 heterocycles. The lowest BCUT2D eigenvalue weighted by atomic mass is 10.0. The molecule has 1 aliphatic carbocycles. The number of carbonyl (C=O) groups excluding carboxylic acids is 1. The van der Waals surface area contributed by atoms with Crippen LogP contribution in [0.1, 0.15) is 54.2 Å². The highest BCUT2D eigenvalue weighted by atomic mass is 16.5. The van der Waals surface area contributed by atoms with Gasteiger partial charge in [0.05, 0.1) is 18.4 Å². The fourth-order valence-electron chi connectivity index (χ4n) is 5.33. The minimum absolute atomic E-state index is 0.0411. The van der Waals surface area contributed by atoms with Crippen LogP contribution in [-0.4, -0.2) is 52.4 Å². The first-order valence-corrected chi connectivity index (χ1v) is 12.0. The van der Waals surface area contributed by atoms with E-state index in [2.05, 4.69) is 28.1 Å². The number of rotatable bonds is 6. The van der Waals surface area contributed by atoms with Crippen molar-refractivity contribution in [2.75, 3.05) is 26.7 Å². The van der Waals surface area contributed by atoms with Crippen molar-refractivity contribution in [3.05, 3.63) is 69.4 Å². The summed E-state index contributed by atoms with van der Waals surface area (Å²) in [5.41, 5.74) is 2.75. The third-order valence-corrected chi connectivity index (χ3v) is 7.23. The molecule has 7 nitrogen and oxygen atoms in total. The van der Waals surface area contributed by atoms with Crippen LogP contribution in [0.5, 0.6) is 5.75 Å².